The van der Waals surface area contributed by atoms with E-state index in [1.54, 1.807) is 23.9 Å². The SMILES string of the molecule is CNC1=CC2Nc3cc(ccc3F)COCC(C)NC(=O)c3cnn1c3N2. The second-order valence-electron chi connectivity index (χ2n) is 6.59. The predicted molar refractivity (Wildman–Crippen MR) is 99.6 cm³/mol. The number of benzene rings is 1. The van der Waals surface area contributed by atoms with Crippen LogP contribution in [0.4, 0.5) is 15.9 Å². The number of anilines is 2. The standard InChI is InChI=1S/C18H21FN6O2/c1-10-8-27-9-11-3-4-13(19)14(5-11)23-15-6-16(20-2)25-17(24-15)12(7-21-25)18(26)22-10/h3-7,10,15,20,23-24H,8-9H2,1-2H3,(H,22,26). The van der Waals surface area contributed by atoms with Crippen molar-refractivity contribution in [3.63, 3.8) is 0 Å². The molecule has 2 atom stereocenters. The van der Waals surface area contributed by atoms with Gasteiger partial charge in [0.25, 0.3) is 5.91 Å². The molecule has 0 radical (unpaired) electrons. The van der Waals surface area contributed by atoms with E-state index in [-0.39, 0.29) is 17.8 Å². The molecule has 1 aromatic carbocycles. The minimum absolute atomic E-state index is 0.187. The van der Waals surface area contributed by atoms with Gasteiger partial charge in [0.2, 0.25) is 0 Å². The number of nitrogens with zero attached hydrogens (tertiary/aromatic N) is 2. The van der Waals surface area contributed by atoms with Gasteiger partial charge in [-0.3, -0.25) is 4.79 Å². The molecule has 2 aliphatic heterocycles. The lowest BCUT2D eigenvalue weighted by Crippen LogP contribution is -2.38. The molecule has 27 heavy (non-hydrogen) atoms. The molecule has 4 N–H and O–H groups in total. The number of hydrogen-bond donors (Lipinski definition) is 4. The molecule has 2 aromatic rings. The average molecular weight is 372 g/mol. The number of halogens is 1. The van der Waals surface area contributed by atoms with Crippen LogP contribution in [0.2, 0.25) is 0 Å². The third kappa shape index (κ3) is 3.33. The zero-order valence-corrected chi connectivity index (χ0v) is 15.0. The van der Waals surface area contributed by atoms with Crippen molar-refractivity contribution in [2.75, 3.05) is 24.3 Å². The minimum Gasteiger partial charge on any atom is -0.375 e. The molecule has 3 heterocycles. The number of fused-ring (bicyclic) bond motifs is 3. The summed E-state index contributed by atoms with van der Waals surface area (Å²) in [7, 11) is 1.76. The van der Waals surface area contributed by atoms with E-state index in [9.17, 15) is 9.18 Å². The second-order valence-corrected chi connectivity index (χ2v) is 6.59. The molecule has 1 aromatic heterocycles. The number of rotatable bonds is 1. The summed E-state index contributed by atoms with van der Waals surface area (Å²) in [6.07, 6.45) is 2.90. The van der Waals surface area contributed by atoms with Crippen molar-refractivity contribution >= 4 is 23.2 Å². The predicted octanol–water partition coefficient (Wildman–Crippen LogP) is 1.55. The van der Waals surface area contributed by atoms with Crippen molar-refractivity contribution < 1.29 is 13.9 Å². The Balaban J connectivity index is 1.77. The topological polar surface area (TPSA) is 92.2 Å². The van der Waals surface area contributed by atoms with Gasteiger partial charge < -0.3 is 26.0 Å². The van der Waals surface area contributed by atoms with Gasteiger partial charge in [-0.1, -0.05) is 6.07 Å². The van der Waals surface area contributed by atoms with Crippen molar-refractivity contribution in [2.24, 2.45) is 0 Å². The summed E-state index contributed by atoms with van der Waals surface area (Å²) in [5.74, 6) is 0.592. The first-order valence-corrected chi connectivity index (χ1v) is 8.73. The summed E-state index contributed by atoms with van der Waals surface area (Å²) in [4.78, 5) is 12.7. The molecule has 9 heteroatoms. The number of carbonyl (C=O) groups excluding carboxylic acids is 1. The molecule has 4 rings (SSSR count). The van der Waals surface area contributed by atoms with Crippen LogP contribution in [0, 0.1) is 5.82 Å². The summed E-state index contributed by atoms with van der Waals surface area (Å²) in [5.41, 5.74) is 1.60. The van der Waals surface area contributed by atoms with Gasteiger partial charge >= 0.3 is 0 Å². The summed E-state index contributed by atoms with van der Waals surface area (Å²) in [5, 5.41) is 16.6. The van der Waals surface area contributed by atoms with Crippen molar-refractivity contribution in [1.82, 2.24) is 20.4 Å². The number of carbonyl (C=O) groups is 1. The fourth-order valence-corrected chi connectivity index (χ4v) is 3.16. The van der Waals surface area contributed by atoms with Gasteiger partial charge in [-0.05, 0) is 24.6 Å². The summed E-state index contributed by atoms with van der Waals surface area (Å²) in [6.45, 7) is 2.54. The fraction of sp³-hybridized carbons (Fsp3) is 0.333. The first-order chi connectivity index (χ1) is 13.0. The molecule has 0 spiro atoms. The van der Waals surface area contributed by atoms with Gasteiger partial charge in [-0.2, -0.15) is 5.10 Å². The van der Waals surface area contributed by atoms with Crippen molar-refractivity contribution in [3.05, 3.63) is 47.4 Å². The molecule has 0 saturated carbocycles. The zero-order chi connectivity index (χ0) is 19.0. The van der Waals surface area contributed by atoms with Crippen LogP contribution in [0.15, 0.2) is 30.5 Å². The molecule has 0 aliphatic carbocycles. The highest BCUT2D eigenvalue weighted by atomic mass is 19.1. The van der Waals surface area contributed by atoms with Gasteiger partial charge in [0, 0.05) is 19.2 Å². The van der Waals surface area contributed by atoms with Crippen LogP contribution >= 0.6 is 0 Å². The molecule has 0 fully saturated rings. The zero-order valence-electron chi connectivity index (χ0n) is 15.0. The normalized spacial score (nSPS) is 21.9. The van der Waals surface area contributed by atoms with Crippen molar-refractivity contribution in [3.8, 4) is 0 Å². The maximum Gasteiger partial charge on any atom is 0.256 e. The first-order valence-electron chi connectivity index (χ1n) is 8.73. The van der Waals surface area contributed by atoms with Gasteiger partial charge in [0.05, 0.1) is 25.1 Å². The molecule has 0 saturated heterocycles. The monoisotopic (exact) mass is 372 g/mol. The quantitative estimate of drug-likeness (QED) is 0.607. The van der Waals surface area contributed by atoms with Crippen LogP contribution in [-0.4, -0.2) is 41.5 Å². The Hall–Kier alpha value is -3.07. The van der Waals surface area contributed by atoms with Crippen LogP contribution in [0.3, 0.4) is 0 Å². The molecule has 2 aliphatic rings. The molecule has 2 unspecified atom stereocenters. The van der Waals surface area contributed by atoms with E-state index in [1.165, 1.54) is 12.3 Å². The van der Waals surface area contributed by atoms with Crippen molar-refractivity contribution in [1.29, 1.82) is 0 Å². The van der Waals surface area contributed by atoms with E-state index in [1.807, 2.05) is 13.0 Å². The third-order valence-corrected chi connectivity index (χ3v) is 4.47. The van der Waals surface area contributed by atoms with E-state index >= 15 is 0 Å². The Morgan fingerprint density at radius 3 is 3.00 bits per heavy atom. The van der Waals surface area contributed by atoms with Gasteiger partial charge in [0.1, 0.15) is 29.2 Å². The van der Waals surface area contributed by atoms with E-state index in [4.69, 9.17) is 4.74 Å². The lowest BCUT2D eigenvalue weighted by Gasteiger charge is -2.27. The van der Waals surface area contributed by atoms with E-state index in [0.717, 1.165) is 5.56 Å². The first kappa shape index (κ1) is 17.3. The van der Waals surface area contributed by atoms with Gasteiger partial charge in [-0.25, -0.2) is 9.07 Å². The summed E-state index contributed by atoms with van der Waals surface area (Å²) in [6, 6.07) is 4.64. The number of amides is 1. The number of hydrogen-bond acceptors (Lipinski definition) is 6. The molecule has 8 nitrogen and oxygen atoms in total. The van der Waals surface area contributed by atoms with E-state index in [0.29, 0.717) is 36.1 Å². The molecular formula is C18H21FN6O2. The van der Waals surface area contributed by atoms with Crippen LogP contribution in [0.5, 0.6) is 0 Å². The van der Waals surface area contributed by atoms with E-state index in [2.05, 4.69) is 26.4 Å². The highest BCUT2D eigenvalue weighted by molar-refractivity contribution is 5.99. The van der Waals surface area contributed by atoms with Crippen LogP contribution < -0.4 is 21.3 Å². The largest absolute Gasteiger partial charge is 0.375 e. The maximum absolute atomic E-state index is 14.3. The minimum atomic E-state index is -0.436. The van der Waals surface area contributed by atoms with Crippen molar-refractivity contribution in [2.45, 2.75) is 25.7 Å². The average Bonchev–Trinajstić information content (AvgIpc) is 3.07. The lowest BCUT2D eigenvalue weighted by atomic mass is 10.2. The van der Waals surface area contributed by atoms with Crippen LogP contribution in [0.25, 0.3) is 5.82 Å². The van der Waals surface area contributed by atoms with E-state index < -0.39 is 6.17 Å². The number of nitrogens with one attached hydrogen (secondary N) is 4. The molecule has 1 amide bonds. The Labute approximate surface area is 155 Å². The Kier molecular flexibility index (Phi) is 4.44. The van der Waals surface area contributed by atoms with Crippen LogP contribution in [0.1, 0.15) is 22.8 Å². The highest BCUT2D eigenvalue weighted by Gasteiger charge is 2.26. The fourth-order valence-electron chi connectivity index (χ4n) is 3.16. The Morgan fingerprint density at radius 2 is 2.19 bits per heavy atom. The number of ether oxygens (including phenoxy) is 1. The van der Waals surface area contributed by atoms with Crippen LogP contribution in [-0.2, 0) is 11.3 Å². The third-order valence-electron chi connectivity index (χ3n) is 4.47. The summed E-state index contributed by atoms with van der Waals surface area (Å²) >= 11 is 0. The molecular weight excluding hydrogens is 351 g/mol. The highest BCUT2D eigenvalue weighted by Crippen LogP contribution is 2.26. The van der Waals surface area contributed by atoms with Gasteiger partial charge in [-0.15, -0.1) is 0 Å². The maximum atomic E-state index is 14.3. The Morgan fingerprint density at radius 1 is 1.33 bits per heavy atom. The second kappa shape index (κ2) is 6.92. The van der Waals surface area contributed by atoms with Gasteiger partial charge in [0.15, 0.2) is 0 Å². The summed E-state index contributed by atoms with van der Waals surface area (Å²) < 4.78 is 21.6. The smallest absolute Gasteiger partial charge is 0.256 e. The lowest BCUT2D eigenvalue weighted by molar-refractivity contribution is 0.0821. The Bertz CT molecular complexity index is 909. The molecule has 142 valence electrons. The number of aromatic nitrogens is 2. The molecule has 4 bridgehead atoms.